The Morgan fingerprint density at radius 1 is 0.602 bits per heavy atom. The number of urea groups is 1. The molecule has 0 aromatic heterocycles. The van der Waals surface area contributed by atoms with Gasteiger partial charge in [-0.3, -0.25) is 28.0 Å². The molecule has 2 heterocycles. The Morgan fingerprint density at radius 3 is 1.79 bits per heavy atom. The standard InChI is InChI=1S/C74H93N7O27S4.Na/c1-73(2)54-45-52(111(100,101)102)23-27-60(54)80(35-8-10-41-109(94,95)96)62(73)29-19-49-15-12-16-50(20-30-63-74(3,4)55-46-53(112(103,104)105)24-28-61(55)81(63)36-9-11-42-110(97,98)99)67(49)108-51-21-17-48(18-22-51)44-59(71(91)92)77-68(86)58(43-47-13-6-5-7-14-47)76-65(83)33-37-106-39-40-107-38-34-75-64(82)31-25-56(69(87)88)78-72(93)79-57(70(89)90)26-32-66(84)85;/h5-7,13-14,17-24,27-30,45-46,56-59H,8-12,15-16,25-26,31-44H2,1-4H3,(H12-,75,76,77,78,79,82,83,84,85,86,87,88,89,90,91,92,93,94,95,96,97,98,99,100,101,102,103,104,105);/q;+1/p-1/t56-,57-,58-,59-;/m0./s1. The first kappa shape index (κ1) is 93.1. The molecule has 4 aromatic carbocycles. The molecular formula is C74H92N7NaO27S4. The molecule has 5 amide bonds. The van der Waals surface area contributed by atoms with Crippen molar-refractivity contribution in [2.75, 3.05) is 62.5 Å². The SMILES string of the molecule is CC1(C)C(/C=C\C2=C(Oc3ccc(C[C@H](NC(=O)[C@H](Cc4ccccc4)NC(=O)CCOCCOCCNC(=O)CC[C@H](NC(=O)N[C@@H](CCC(=O)[O-])C(=O)O)C(=O)O)C(=O)O)cc3)C(=C/C=C3/N(CCCCS(=O)(=O)[O-])c4ccc(S(=O)(=O)O)cc4C3(C)C)/CCC2)=[N+](CCCCS(=O)(=O)O)c2ccc(S(=O)(=O)O)cc21.[Na+]. The van der Waals surface area contributed by atoms with Gasteiger partial charge in [-0.2, -0.15) is 29.8 Å². The smallest absolute Gasteiger partial charge is 0.748 e. The summed E-state index contributed by atoms with van der Waals surface area (Å²) < 4.78 is 158. The summed E-state index contributed by atoms with van der Waals surface area (Å²) in [5, 5.41) is 51.8. The van der Waals surface area contributed by atoms with Crippen molar-refractivity contribution < 1.29 is 159 Å². The van der Waals surface area contributed by atoms with Gasteiger partial charge in [-0.05, 0) is 154 Å². The third kappa shape index (κ3) is 28.3. The van der Waals surface area contributed by atoms with Crippen LogP contribution in [0.2, 0.25) is 0 Å². The summed E-state index contributed by atoms with van der Waals surface area (Å²) in [6.07, 6.45) is 6.80. The number of allylic oxidation sites excluding steroid dienone is 7. The molecule has 7 rings (SSSR count). The van der Waals surface area contributed by atoms with Crippen LogP contribution in [-0.4, -0.2) is 207 Å². The second kappa shape index (κ2) is 41.5. The maximum Gasteiger partial charge on any atom is 1.00 e. The number of carbonyl (C=O) groups is 8. The molecule has 610 valence electrons. The minimum atomic E-state index is -4.67. The van der Waals surface area contributed by atoms with Gasteiger partial charge in [-0.1, -0.05) is 62.4 Å². The summed E-state index contributed by atoms with van der Waals surface area (Å²) in [6.45, 7) is 7.62. The van der Waals surface area contributed by atoms with E-state index in [1.807, 2.05) is 72.1 Å². The normalized spacial score (nSPS) is 16.5. The van der Waals surface area contributed by atoms with Gasteiger partial charge in [0.1, 0.15) is 42.2 Å². The zero-order valence-electron chi connectivity index (χ0n) is 62.8. The summed E-state index contributed by atoms with van der Waals surface area (Å²) >= 11 is 0. The van der Waals surface area contributed by atoms with E-state index in [1.165, 1.54) is 30.3 Å². The van der Waals surface area contributed by atoms with Crippen molar-refractivity contribution >= 4 is 105 Å². The third-order valence-corrected chi connectivity index (χ3v) is 22.1. The quantitative estimate of drug-likeness (QED) is 0.0128. The van der Waals surface area contributed by atoms with Gasteiger partial charge >= 0.3 is 53.5 Å². The van der Waals surface area contributed by atoms with E-state index in [-0.39, 0.29) is 143 Å². The molecule has 113 heavy (non-hydrogen) atoms. The van der Waals surface area contributed by atoms with Crippen LogP contribution in [0.1, 0.15) is 127 Å². The molecule has 0 fully saturated rings. The number of rotatable bonds is 44. The second-order valence-corrected chi connectivity index (χ2v) is 33.8. The Kier molecular flexibility index (Phi) is 34.2. The minimum Gasteiger partial charge on any atom is -0.748 e. The first-order chi connectivity index (χ1) is 52.5. The molecule has 0 saturated heterocycles. The number of amides is 5. The van der Waals surface area contributed by atoms with Crippen LogP contribution in [-0.2, 0) is 107 Å². The second-order valence-electron chi connectivity index (χ2n) is 27.8. The van der Waals surface area contributed by atoms with Gasteiger partial charge in [0.05, 0.1) is 57.5 Å². The number of unbranched alkanes of at least 4 members (excludes halogenated alkanes) is 2. The largest absolute Gasteiger partial charge is 1.00 e. The summed E-state index contributed by atoms with van der Waals surface area (Å²) in [7, 11) is -18.2. The Bertz CT molecular complexity index is 4800. The van der Waals surface area contributed by atoms with Crippen molar-refractivity contribution in [1.29, 1.82) is 0 Å². The number of aliphatic carboxylic acids is 4. The van der Waals surface area contributed by atoms with Gasteiger partial charge in [0.2, 0.25) is 23.4 Å². The topological polar surface area (TPSA) is 535 Å². The van der Waals surface area contributed by atoms with Crippen LogP contribution in [0.25, 0.3) is 0 Å². The fourth-order valence-electron chi connectivity index (χ4n) is 13.0. The van der Waals surface area contributed by atoms with E-state index in [9.17, 15) is 111 Å². The Balaban J connectivity index is 0.0000199. The maximum atomic E-state index is 14.2. The molecule has 4 atom stereocenters. The van der Waals surface area contributed by atoms with E-state index in [0.29, 0.717) is 81.2 Å². The zero-order chi connectivity index (χ0) is 82.5. The predicted molar refractivity (Wildman–Crippen MR) is 401 cm³/mol. The number of fused-ring (bicyclic) bond motifs is 2. The van der Waals surface area contributed by atoms with Gasteiger partial charge in [0, 0.05) is 91.4 Å². The van der Waals surface area contributed by atoms with Gasteiger partial charge in [-0.25, -0.2) is 27.6 Å². The van der Waals surface area contributed by atoms with E-state index in [2.05, 4.69) is 16.0 Å². The summed E-state index contributed by atoms with van der Waals surface area (Å²) in [6, 6.07) is 16.0. The fraction of sp³-hybridized carbons (Fsp3) is 0.446. The van der Waals surface area contributed by atoms with Crippen LogP contribution >= 0.6 is 0 Å². The minimum absolute atomic E-state index is 0. The molecule has 39 heteroatoms. The van der Waals surface area contributed by atoms with Crippen molar-refractivity contribution in [3.8, 4) is 5.75 Å². The van der Waals surface area contributed by atoms with Crippen molar-refractivity contribution in [3.63, 3.8) is 0 Å². The van der Waals surface area contributed by atoms with Crippen LogP contribution in [0.3, 0.4) is 0 Å². The monoisotopic (exact) mass is 1660 g/mol. The number of hydrogen-bond acceptors (Lipinski definition) is 22. The summed E-state index contributed by atoms with van der Waals surface area (Å²) in [5.74, 6) is -8.59. The van der Waals surface area contributed by atoms with E-state index in [4.69, 9.17) is 14.2 Å². The zero-order valence-corrected chi connectivity index (χ0v) is 68.1. The van der Waals surface area contributed by atoms with E-state index >= 15 is 0 Å². The molecule has 34 nitrogen and oxygen atoms in total. The molecule has 0 saturated carbocycles. The van der Waals surface area contributed by atoms with Crippen LogP contribution in [0.5, 0.6) is 5.75 Å². The molecule has 3 aliphatic rings. The van der Waals surface area contributed by atoms with Gasteiger partial charge < -0.3 is 75.5 Å². The van der Waals surface area contributed by atoms with Crippen LogP contribution < -0.4 is 70.9 Å². The molecular weight excluding hydrogens is 1570 g/mol. The average molecular weight is 1660 g/mol. The Morgan fingerprint density at radius 2 is 1.19 bits per heavy atom. The molecule has 1 aliphatic carbocycles. The first-order valence-electron chi connectivity index (χ1n) is 35.7. The number of anilines is 1. The molecule has 4 aromatic rings. The first-order valence-corrected chi connectivity index (χ1v) is 41.7. The van der Waals surface area contributed by atoms with E-state index < -0.39 is 154 Å². The number of carboxylic acids is 4. The Hall–Kier alpha value is -8.77. The molecule has 11 N–H and O–H groups in total. The number of nitrogens with zero attached hydrogens (tertiary/aromatic N) is 2. The molecule has 0 radical (unpaired) electrons. The molecule has 0 spiro atoms. The van der Waals surface area contributed by atoms with E-state index in [0.717, 1.165) is 0 Å². The van der Waals surface area contributed by atoms with E-state index in [1.54, 1.807) is 60.7 Å². The number of benzene rings is 4. The van der Waals surface area contributed by atoms with Crippen molar-refractivity contribution in [2.45, 2.75) is 162 Å². The van der Waals surface area contributed by atoms with Crippen molar-refractivity contribution in [1.82, 2.24) is 26.6 Å². The Labute approximate surface area is 676 Å². The molecule has 2 aliphatic heterocycles. The number of carboxylic acid groups (broad SMARTS) is 4. The number of ether oxygens (including phenoxy) is 3. The van der Waals surface area contributed by atoms with Crippen molar-refractivity contribution in [2.24, 2.45) is 0 Å². The predicted octanol–water partition coefficient (Wildman–Crippen LogP) is 1.13. The van der Waals surface area contributed by atoms with Gasteiger partial charge in [0.25, 0.3) is 30.4 Å². The van der Waals surface area contributed by atoms with Gasteiger partial charge in [-0.15, -0.1) is 0 Å². The number of hydrogen-bond donors (Lipinski definition) is 11. The number of carbonyl (C=O) groups excluding carboxylic acids is 5. The number of nitrogens with one attached hydrogen (secondary N) is 5. The summed E-state index contributed by atoms with van der Waals surface area (Å²) in [4.78, 5) is 100. The molecule has 0 bridgehead atoms. The summed E-state index contributed by atoms with van der Waals surface area (Å²) in [5.41, 5.74) is 3.91. The average Bonchev–Trinajstić information content (AvgIpc) is 1.59. The third-order valence-electron chi connectivity index (χ3n) is 18.8. The fourth-order valence-corrected chi connectivity index (χ4v) is 15.2. The van der Waals surface area contributed by atoms with Crippen LogP contribution in [0, 0.1) is 0 Å². The maximum absolute atomic E-state index is 14.2. The van der Waals surface area contributed by atoms with Gasteiger partial charge in [0.15, 0.2) is 5.71 Å². The van der Waals surface area contributed by atoms with Crippen molar-refractivity contribution in [3.05, 3.63) is 160 Å². The van der Waals surface area contributed by atoms with Crippen LogP contribution in [0.15, 0.2) is 148 Å². The molecule has 0 unspecified atom stereocenters. The van der Waals surface area contributed by atoms with Crippen LogP contribution in [0.4, 0.5) is 16.2 Å².